The Bertz CT molecular complexity index is 88.0. The van der Waals surface area contributed by atoms with E-state index in [-0.39, 0.29) is 12.4 Å². The van der Waals surface area contributed by atoms with E-state index >= 15 is 0 Å². The lowest BCUT2D eigenvalue weighted by Crippen LogP contribution is -3.00. The minimum absolute atomic E-state index is 0. The van der Waals surface area contributed by atoms with Crippen LogP contribution in [-0.4, -0.2) is 30.9 Å². The largest absolute Gasteiger partial charge is 1.00 e. The van der Waals surface area contributed by atoms with Crippen molar-refractivity contribution in [3.63, 3.8) is 0 Å². The van der Waals surface area contributed by atoms with Gasteiger partial charge >= 0.3 is 5.17 Å². The first-order valence-electron chi connectivity index (χ1n) is 2.09. The number of rotatable bonds is 0. The zero-order valence-electron chi connectivity index (χ0n) is 5.27. The van der Waals surface area contributed by atoms with Crippen LogP contribution in [0.3, 0.4) is 0 Å². The van der Waals surface area contributed by atoms with E-state index in [1.54, 1.807) is 0 Å². The van der Waals surface area contributed by atoms with Crippen LogP contribution in [0.2, 0.25) is 0 Å². The van der Waals surface area contributed by atoms with Crippen molar-refractivity contribution in [2.24, 2.45) is 0 Å². The van der Waals surface area contributed by atoms with Crippen LogP contribution < -0.4 is 17.7 Å². The van der Waals surface area contributed by atoms with Crippen LogP contribution in [-0.2, 0) is 0 Å². The molecule has 4 heteroatoms. The topological polar surface area (TPSA) is 15.0 Å². The summed E-state index contributed by atoms with van der Waals surface area (Å²) < 4.78 is 1.89. The van der Waals surface area contributed by atoms with Gasteiger partial charge in [-0.2, -0.15) is 0 Å². The van der Waals surface area contributed by atoms with Gasteiger partial charge in [-0.25, -0.2) is 0 Å². The number of nitrogens with zero attached hydrogens (tertiary/aromatic N) is 1. The van der Waals surface area contributed by atoms with Gasteiger partial charge in [-0.1, -0.05) is 12.6 Å². The van der Waals surface area contributed by atoms with Crippen molar-refractivity contribution >= 4 is 17.8 Å². The molecule has 0 radical (unpaired) electrons. The third-order valence-electron chi connectivity index (χ3n) is 0.647. The Kier molecular flexibility index (Phi) is 7.21. The van der Waals surface area contributed by atoms with Crippen molar-refractivity contribution in [3.8, 4) is 0 Å². The van der Waals surface area contributed by atoms with Crippen molar-refractivity contribution < 1.29 is 17.0 Å². The maximum Gasteiger partial charge on any atom is 0.302 e. The van der Waals surface area contributed by atoms with E-state index in [0.29, 0.717) is 0 Å². The van der Waals surface area contributed by atoms with Crippen molar-refractivity contribution in [2.75, 3.05) is 21.1 Å². The van der Waals surface area contributed by atoms with Gasteiger partial charge in [0.25, 0.3) is 0 Å². The van der Waals surface area contributed by atoms with Crippen LogP contribution in [0.1, 0.15) is 0 Å². The highest BCUT2D eigenvalue weighted by Crippen LogP contribution is 1.71. The molecule has 0 saturated heterocycles. The Labute approximate surface area is 61.8 Å². The van der Waals surface area contributed by atoms with Crippen LogP contribution >= 0.6 is 12.6 Å². The zero-order valence-corrected chi connectivity index (χ0v) is 6.92. The van der Waals surface area contributed by atoms with Gasteiger partial charge in [0.05, 0.1) is 21.1 Å². The standard InChI is InChI=1S/C4H10N2S.ClH/c1-5-4(7)6(2)3;/h1-3H3,(H,5,7);1H. The van der Waals surface area contributed by atoms with Gasteiger partial charge in [0.2, 0.25) is 0 Å². The van der Waals surface area contributed by atoms with E-state index in [1.165, 1.54) is 0 Å². The van der Waals surface area contributed by atoms with E-state index < -0.39 is 0 Å². The Morgan fingerprint density at radius 1 is 1.50 bits per heavy atom. The maximum absolute atomic E-state index is 4.06. The molecule has 2 nitrogen and oxygen atoms in total. The second kappa shape index (κ2) is 5.25. The molecule has 0 rings (SSSR count). The molecule has 0 aliphatic rings. The molecule has 50 valence electrons. The Balaban J connectivity index is 0. The minimum Gasteiger partial charge on any atom is -1.00 e. The van der Waals surface area contributed by atoms with E-state index in [9.17, 15) is 0 Å². The molecule has 0 heterocycles. The quantitative estimate of drug-likeness (QED) is 0.162. The van der Waals surface area contributed by atoms with Crippen LogP contribution in [0.4, 0.5) is 0 Å². The summed E-state index contributed by atoms with van der Waals surface area (Å²) in [6, 6.07) is 0. The summed E-state index contributed by atoms with van der Waals surface area (Å²) in [5.74, 6) is 0. The molecule has 0 fully saturated rings. The van der Waals surface area contributed by atoms with Gasteiger partial charge in [-0.05, 0) is 0 Å². The molecule has 1 N–H and O–H groups in total. The van der Waals surface area contributed by atoms with E-state index in [2.05, 4.69) is 17.9 Å². The molecule has 0 unspecified atom stereocenters. The Morgan fingerprint density at radius 2 is 1.88 bits per heavy atom. The molecule has 0 aliphatic carbocycles. The van der Waals surface area contributed by atoms with Gasteiger partial charge in [-0.3, -0.25) is 9.89 Å². The summed E-state index contributed by atoms with van der Waals surface area (Å²) in [5, 5.41) is 3.75. The van der Waals surface area contributed by atoms with Crippen LogP contribution in [0.25, 0.3) is 0 Å². The van der Waals surface area contributed by atoms with Crippen LogP contribution in [0.5, 0.6) is 0 Å². The predicted octanol–water partition coefficient (Wildman–Crippen LogP) is -3.23. The first kappa shape index (κ1) is 11.0. The normalized spacial score (nSPS) is 7.00. The second-order valence-corrected chi connectivity index (χ2v) is 1.89. The number of thiol groups is 1. The van der Waals surface area contributed by atoms with Crippen molar-refractivity contribution in [2.45, 2.75) is 0 Å². The lowest BCUT2D eigenvalue weighted by Gasteiger charge is -1.91. The predicted molar refractivity (Wildman–Crippen MR) is 35.2 cm³/mol. The van der Waals surface area contributed by atoms with E-state index in [1.807, 2.05) is 25.7 Å². The molecule has 0 aromatic carbocycles. The fraction of sp³-hybridized carbons (Fsp3) is 0.750. The fourth-order valence-corrected chi connectivity index (χ4v) is 0.224. The zero-order chi connectivity index (χ0) is 5.86. The van der Waals surface area contributed by atoms with Crippen LogP contribution in [0.15, 0.2) is 0 Å². The number of hydrogen-bond acceptors (Lipinski definition) is 0. The summed E-state index contributed by atoms with van der Waals surface area (Å²) in [6.07, 6.45) is 0. The van der Waals surface area contributed by atoms with Crippen molar-refractivity contribution in [3.05, 3.63) is 0 Å². The molecule has 0 aliphatic heterocycles. The molecular weight excluding hydrogens is 144 g/mol. The molecular formula is C4H11ClN2S. The van der Waals surface area contributed by atoms with Crippen molar-refractivity contribution in [1.82, 2.24) is 5.32 Å². The second-order valence-electron chi connectivity index (χ2n) is 1.47. The first-order chi connectivity index (χ1) is 3.18. The van der Waals surface area contributed by atoms with Gasteiger partial charge < -0.3 is 12.4 Å². The van der Waals surface area contributed by atoms with Crippen molar-refractivity contribution in [1.29, 1.82) is 0 Å². The monoisotopic (exact) mass is 154 g/mol. The summed E-state index contributed by atoms with van der Waals surface area (Å²) in [5.41, 5.74) is 0. The lowest BCUT2D eigenvalue weighted by molar-refractivity contribution is -0.463. The van der Waals surface area contributed by atoms with E-state index in [0.717, 1.165) is 5.17 Å². The molecule has 0 aromatic heterocycles. The smallest absolute Gasteiger partial charge is 0.302 e. The number of halogens is 1. The molecule has 0 atom stereocenters. The van der Waals surface area contributed by atoms with Gasteiger partial charge in [0.15, 0.2) is 0 Å². The first-order valence-corrected chi connectivity index (χ1v) is 2.54. The highest BCUT2D eigenvalue weighted by atomic mass is 35.5. The SMILES string of the molecule is CNC(S)=[N+](C)C.[Cl-]. The highest BCUT2D eigenvalue weighted by Gasteiger charge is 1.90. The molecule has 0 saturated carbocycles. The highest BCUT2D eigenvalue weighted by molar-refractivity contribution is 7.96. The maximum atomic E-state index is 4.06. The fourth-order valence-electron chi connectivity index (χ4n) is 0.224. The van der Waals surface area contributed by atoms with Crippen LogP contribution in [0, 0.1) is 0 Å². The summed E-state index contributed by atoms with van der Waals surface area (Å²) in [7, 11) is 5.69. The Hall–Kier alpha value is 0.110. The Morgan fingerprint density at radius 3 is 1.88 bits per heavy atom. The minimum atomic E-state index is 0. The molecule has 8 heavy (non-hydrogen) atoms. The third-order valence-corrected chi connectivity index (χ3v) is 1.27. The average Bonchev–Trinajstić information content (AvgIpc) is 1.65. The van der Waals surface area contributed by atoms with Gasteiger partial charge in [-0.15, -0.1) is 0 Å². The molecule has 0 amide bonds. The van der Waals surface area contributed by atoms with Gasteiger partial charge in [0.1, 0.15) is 0 Å². The molecule has 0 bridgehead atoms. The van der Waals surface area contributed by atoms with E-state index in [4.69, 9.17) is 0 Å². The summed E-state index contributed by atoms with van der Waals surface area (Å²) in [6.45, 7) is 0. The third kappa shape index (κ3) is 4.27. The number of nitrogens with one attached hydrogen (secondary N) is 1. The summed E-state index contributed by atoms with van der Waals surface area (Å²) >= 11 is 4.06. The molecule has 0 spiro atoms. The number of hydrogen-bond donors (Lipinski definition) is 2. The lowest BCUT2D eigenvalue weighted by atomic mass is 11.0. The molecule has 0 aromatic rings. The number of amidine groups is 1. The van der Waals surface area contributed by atoms with Gasteiger partial charge in [0, 0.05) is 0 Å². The summed E-state index contributed by atoms with van der Waals surface area (Å²) in [4.78, 5) is 0. The average molecular weight is 155 g/mol.